The number of ketones is 1. The monoisotopic (exact) mass is 562 g/mol. The first-order chi connectivity index (χ1) is 19.0. The van der Waals surface area contributed by atoms with E-state index in [0.29, 0.717) is 24.9 Å². The fraction of sp³-hybridized carbons (Fsp3) is 0.571. The second kappa shape index (κ2) is 19.2. The van der Waals surface area contributed by atoms with Crippen LogP contribution in [-0.4, -0.2) is 64.8 Å². The average molecular weight is 563 g/mol. The third-order valence-corrected chi connectivity index (χ3v) is 6.28. The lowest BCUT2D eigenvalue weighted by Crippen LogP contribution is -2.44. The number of benzene rings is 1. The second-order valence-corrected chi connectivity index (χ2v) is 9.70. The Kier molecular flexibility index (Phi) is 16.3. The topological polar surface area (TPSA) is 205 Å². The molecule has 0 fully saturated rings. The number of hydrogen-bond donors (Lipinski definition) is 6. The standard InChI is InChI=1S/C28H42N4O8/c1-2-3-16-30-21-13-10-19(11-14-21)27(38)31-17-5-4-8-23(26(29)37)32-24(34)15-12-20(28(39)40)18-22(33)7-6-9-25(35)36/h10-11,13-14,20,23,30H,2-9,12,15-18H2,1H3,(H2,29,37)(H,31,38)(H,32,34)(H,35,36)(H,39,40)/t20-,23+/m1/s1. The maximum Gasteiger partial charge on any atom is 0.306 e. The van der Waals surface area contributed by atoms with Gasteiger partial charge in [-0.2, -0.15) is 0 Å². The minimum atomic E-state index is -1.23. The van der Waals surface area contributed by atoms with Crippen LogP contribution in [0.3, 0.4) is 0 Å². The van der Waals surface area contributed by atoms with Crippen molar-refractivity contribution >= 4 is 41.1 Å². The van der Waals surface area contributed by atoms with Crippen LogP contribution in [0.25, 0.3) is 0 Å². The number of rotatable bonds is 22. The van der Waals surface area contributed by atoms with Gasteiger partial charge < -0.3 is 31.9 Å². The molecule has 0 unspecified atom stereocenters. The fourth-order valence-corrected chi connectivity index (χ4v) is 3.91. The van der Waals surface area contributed by atoms with Crippen molar-refractivity contribution in [1.29, 1.82) is 0 Å². The molecule has 12 nitrogen and oxygen atoms in total. The number of nitrogens with two attached hydrogens (primary N) is 1. The SMILES string of the molecule is CCCCNc1ccc(C(=O)NCCCC[C@H](NC(=O)CC[C@H](CC(=O)CCCC(=O)O)C(=O)O)C(N)=O)cc1. The van der Waals surface area contributed by atoms with Gasteiger partial charge in [0.1, 0.15) is 11.8 Å². The minimum Gasteiger partial charge on any atom is -0.481 e. The number of carbonyl (C=O) groups is 6. The molecule has 1 aromatic carbocycles. The van der Waals surface area contributed by atoms with Crippen LogP contribution in [-0.2, 0) is 24.0 Å². The summed E-state index contributed by atoms with van der Waals surface area (Å²) in [4.78, 5) is 70.4. The maximum absolute atomic E-state index is 12.3. The van der Waals surface area contributed by atoms with E-state index in [1.165, 1.54) is 0 Å². The van der Waals surface area contributed by atoms with Crippen molar-refractivity contribution in [3.8, 4) is 0 Å². The Hall–Kier alpha value is -3.96. The zero-order valence-corrected chi connectivity index (χ0v) is 23.1. The van der Waals surface area contributed by atoms with Gasteiger partial charge in [0.25, 0.3) is 5.91 Å². The van der Waals surface area contributed by atoms with E-state index in [-0.39, 0.29) is 56.6 Å². The number of nitrogens with one attached hydrogen (secondary N) is 3. The lowest BCUT2D eigenvalue weighted by atomic mass is 9.95. The summed E-state index contributed by atoms with van der Waals surface area (Å²) in [5, 5.41) is 26.6. The van der Waals surface area contributed by atoms with Crippen molar-refractivity contribution in [2.45, 2.75) is 83.6 Å². The molecule has 0 aromatic heterocycles. The fourth-order valence-electron chi connectivity index (χ4n) is 3.91. The molecule has 0 radical (unpaired) electrons. The Balaban J connectivity index is 2.38. The lowest BCUT2D eigenvalue weighted by Gasteiger charge is -2.17. The van der Waals surface area contributed by atoms with Crippen LogP contribution in [0.2, 0.25) is 0 Å². The third kappa shape index (κ3) is 14.8. The van der Waals surface area contributed by atoms with E-state index in [1.54, 1.807) is 12.1 Å². The summed E-state index contributed by atoms with van der Waals surface area (Å²) in [6, 6.07) is 6.24. The summed E-state index contributed by atoms with van der Waals surface area (Å²) < 4.78 is 0. The molecular weight excluding hydrogens is 520 g/mol. The van der Waals surface area contributed by atoms with Gasteiger partial charge in [-0.25, -0.2) is 0 Å². The number of hydrogen-bond acceptors (Lipinski definition) is 7. The van der Waals surface area contributed by atoms with Gasteiger partial charge in [0.2, 0.25) is 11.8 Å². The molecule has 12 heteroatoms. The summed E-state index contributed by atoms with van der Waals surface area (Å²) in [5.74, 6) is -5.24. The molecule has 0 saturated carbocycles. The zero-order valence-electron chi connectivity index (χ0n) is 23.1. The quantitative estimate of drug-likeness (QED) is 0.115. The van der Waals surface area contributed by atoms with E-state index in [0.717, 1.165) is 25.1 Å². The average Bonchev–Trinajstić information content (AvgIpc) is 2.90. The molecule has 0 saturated heterocycles. The lowest BCUT2D eigenvalue weighted by molar-refractivity contribution is -0.144. The first-order valence-electron chi connectivity index (χ1n) is 13.7. The van der Waals surface area contributed by atoms with Crippen molar-refractivity contribution in [3.05, 3.63) is 29.8 Å². The molecule has 0 aliphatic carbocycles. The van der Waals surface area contributed by atoms with E-state index in [4.69, 9.17) is 10.8 Å². The number of primary amides is 1. The summed E-state index contributed by atoms with van der Waals surface area (Å²) in [5.41, 5.74) is 6.88. The summed E-state index contributed by atoms with van der Waals surface area (Å²) in [7, 11) is 0. The van der Waals surface area contributed by atoms with Crippen LogP contribution in [0.15, 0.2) is 24.3 Å². The third-order valence-electron chi connectivity index (χ3n) is 6.28. The predicted molar refractivity (Wildman–Crippen MR) is 149 cm³/mol. The summed E-state index contributed by atoms with van der Waals surface area (Å²) in [6.45, 7) is 3.36. The van der Waals surface area contributed by atoms with Crippen LogP contribution < -0.4 is 21.7 Å². The molecule has 0 spiro atoms. The van der Waals surface area contributed by atoms with Gasteiger partial charge in [0.15, 0.2) is 0 Å². The molecule has 1 rings (SSSR count). The van der Waals surface area contributed by atoms with Crippen molar-refractivity contribution in [1.82, 2.24) is 10.6 Å². The molecule has 7 N–H and O–H groups in total. The molecule has 0 bridgehead atoms. The van der Waals surface area contributed by atoms with E-state index in [9.17, 15) is 33.9 Å². The highest BCUT2D eigenvalue weighted by Crippen LogP contribution is 2.15. The van der Waals surface area contributed by atoms with E-state index >= 15 is 0 Å². The minimum absolute atomic E-state index is 0.0463. The van der Waals surface area contributed by atoms with E-state index in [2.05, 4.69) is 22.9 Å². The van der Waals surface area contributed by atoms with Crippen molar-refractivity contribution in [2.75, 3.05) is 18.4 Å². The van der Waals surface area contributed by atoms with Crippen molar-refractivity contribution in [3.63, 3.8) is 0 Å². The number of amides is 3. The highest BCUT2D eigenvalue weighted by molar-refractivity contribution is 5.94. The van der Waals surface area contributed by atoms with Crippen LogP contribution >= 0.6 is 0 Å². The molecule has 40 heavy (non-hydrogen) atoms. The first kappa shape index (κ1) is 34.1. The summed E-state index contributed by atoms with van der Waals surface area (Å²) >= 11 is 0. The van der Waals surface area contributed by atoms with Crippen molar-refractivity contribution < 1.29 is 39.0 Å². The predicted octanol–water partition coefficient (Wildman–Crippen LogP) is 2.46. The van der Waals surface area contributed by atoms with Gasteiger partial charge in [-0.15, -0.1) is 0 Å². The summed E-state index contributed by atoms with van der Waals surface area (Å²) in [6.07, 6.45) is 2.72. The molecule has 222 valence electrons. The number of Topliss-reactive ketones (excluding diaryl/α,β-unsaturated/α-hetero) is 1. The molecule has 2 atom stereocenters. The smallest absolute Gasteiger partial charge is 0.306 e. The van der Waals surface area contributed by atoms with Crippen LogP contribution in [0.5, 0.6) is 0 Å². The molecular formula is C28H42N4O8. The van der Waals surface area contributed by atoms with Gasteiger partial charge in [-0.05, 0) is 62.8 Å². The van der Waals surface area contributed by atoms with Crippen molar-refractivity contribution in [2.24, 2.45) is 11.7 Å². The molecule has 0 aliphatic heterocycles. The van der Waals surface area contributed by atoms with Gasteiger partial charge >= 0.3 is 11.9 Å². The van der Waals surface area contributed by atoms with Crippen LogP contribution in [0, 0.1) is 5.92 Å². The number of unbranched alkanes of at least 4 members (excludes halogenated alkanes) is 2. The Morgan fingerprint density at radius 3 is 2.15 bits per heavy atom. The van der Waals surface area contributed by atoms with Gasteiger partial charge in [-0.1, -0.05) is 13.3 Å². The normalized spacial score (nSPS) is 12.1. The number of carbonyl (C=O) groups excluding carboxylic acids is 4. The number of aliphatic carboxylic acids is 2. The Labute approximate surface area is 234 Å². The Bertz CT molecular complexity index is 997. The molecule has 0 aliphatic rings. The van der Waals surface area contributed by atoms with E-state index < -0.39 is 35.7 Å². The second-order valence-electron chi connectivity index (χ2n) is 9.70. The molecule has 3 amide bonds. The largest absolute Gasteiger partial charge is 0.481 e. The Morgan fingerprint density at radius 2 is 1.55 bits per heavy atom. The van der Waals surface area contributed by atoms with Gasteiger partial charge in [0, 0.05) is 50.0 Å². The maximum atomic E-state index is 12.3. The van der Waals surface area contributed by atoms with Gasteiger partial charge in [-0.3, -0.25) is 28.8 Å². The number of carboxylic acids is 2. The molecule has 1 aromatic rings. The number of carboxylic acid groups (broad SMARTS) is 2. The first-order valence-corrected chi connectivity index (χ1v) is 13.7. The zero-order chi connectivity index (χ0) is 29.9. The highest BCUT2D eigenvalue weighted by atomic mass is 16.4. The highest BCUT2D eigenvalue weighted by Gasteiger charge is 2.24. The van der Waals surface area contributed by atoms with Gasteiger partial charge in [0.05, 0.1) is 5.92 Å². The van der Waals surface area contributed by atoms with E-state index in [1.807, 2.05) is 12.1 Å². The van der Waals surface area contributed by atoms with Crippen LogP contribution in [0.4, 0.5) is 5.69 Å². The number of anilines is 1. The molecule has 0 heterocycles. The Morgan fingerprint density at radius 1 is 0.850 bits per heavy atom. The van der Waals surface area contributed by atoms with Crippen LogP contribution in [0.1, 0.15) is 87.9 Å².